The molecular weight excluding hydrogens is 1070 g/mol. The number of Topliss-reactive ketones (excluding diaryl/α,β-unsaturated/α-hetero) is 2. The summed E-state index contributed by atoms with van der Waals surface area (Å²) in [5.41, 5.74) is 10.0. The molecule has 2 N–H and O–H groups in total. The molecule has 5 aliphatic heterocycles. The van der Waals surface area contributed by atoms with Gasteiger partial charge in [0.05, 0.1) is 18.4 Å². The maximum atomic E-state index is 14.2. The van der Waals surface area contributed by atoms with Crippen LogP contribution in [0.25, 0.3) is 0 Å². The molecule has 1 unspecified atom stereocenters. The lowest BCUT2D eigenvalue weighted by atomic mass is 9.98. The highest BCUT2D eigenvalue weighted by Gasteiger charge is 2.40. The molecule has 10 rings (SSSR count). The number of carbonyl (C=O) groups is 8. The summed E-state index contributed by atoms with van der Waals surface area (Å²) in [7, 11) is 1.55. The van der Waals surface area contributed by atoms with E-state index in [0.717, 1.165) is 71.5 Å². The van der Waals surface area contributed by atoms with Gasteiger partial charge in [0.15, 0.2) is 17.3 Å². The van der Waals surface area contributed by atoms with Gasteiger partial charge in [0.1, 0.15) is 24.7 Å². The summed E-state index contributed by atoms with van der Waals surface area (Å²) < 4.78 is 18.9. The number of unbranched alkanes of at least 4 members (excludes halogenated alkanes) is 1. The van der Waals surface area contributed by atoms with E-state index in [1.54, 1.807) is 27.0 Å². The number of ketones is 2. The number of thioether (sulfide) groups is 1. The Morgan fingerprint density at radius 2 is 1.25 bits per heavy atom. The summed E-state index contributed by atoms with van der Waals surface area (Å²) in [5, 5.41) is 5.43. The summed E-state index contributed by atoms with van der Waals surface area (Å²) in [6.07, 6.45) is 6.65. The molecule has 5 heterocycles. The predicted molar refractivity (Wildman–Crippen MR) is 318 cm³/mol. The standard InChI is InChI=1S/C66H73N5O11S/c1-6-83-60-36-62(75)69(66(60)79)25-13-17-51(72)16-9-12-20-61(74)67-41(4)56(73)27-40(3)63(76)68-48-29-42(37-81-57-33-44-21-23-49-31-46-14-7-10-18-54(46)70(49)64(77)52(44)26-39(57)2)28-43(30-48)38-82-59-34-45-22-24-50-32-47-15-8-11-19-55(47)71(50)65(78)53(45)35-58(59)80-5/h7-8,10-11,14-15,18-19,26,28-30,33-35,40-41,49-50,60H,6,9,12-13,16-17,20-25,27,31-32,36-38H2,1-5H3,(H,67,74)(H,68,76)/t40-,41+,49-,50-,60?/m1/s1. The van der Waals surface area contributed by atoms with Crippen molar-refractivity contribution in [2.45, 2.75) is 154 Å². The molecule has 5 aliphatic rings. The minimum absolute atomic E-state index is 0.000643. The number of nitrogens with one attached hydrogen (secondary N) is 2. The van der Waals surface area contributed by atoms with Crippen LogP contribution in [0.3, 0.4) is 0 Å². The Morgan fingerprint density at radius 1 is 0.675 bits per heavy atom. The van der Waals surface area contributed by atoms with Crippen molar-refractivity contribution in [1.82, 2.24) is 10.2 Å². The number of hydrogen-bond acceptors (Lipinski definition) is 12. The van der Waals surface area contributed by atoms with Gasteiger partial charge in [-0.3, -0.25) is 43.3 Å². The molecule has 5 aromatic rings. The number of hydrogen-bond donors (Lipinski definition) is 2. The fourth-order valence-electron chi connectivity index (χ4n) is 12.3. The number of para-hydroxylation sites is 2. The van der Waals surface area contributed by atoms with Gasteiger partial charge in [0.2, 0.25) is 23.6 Å². The number of ether oxygens (including phenoxy) is 3. The van der Waals surface area contributed by atoms with Gasteiger partial charge in [-0.1, -0.05) is 50.2 Å². The Morgan fingerprint density at radius 3 is 1.88 bits per heavy atom. The van der Waals surface area contributed by atoms with Gasteiger partial charge in [0, 0.05) is 84.8 Å². The molecule has 0 radical (unpaired) electrons. The molecule has 16 nitrogen and oxygen atoms in total. The van der Waals surface area contributed by atoms with E-state index in [1.807, 2.05) is 96.4 Å². The zero-order chi connectivity index (χ0) is 58.5. The Bertz CT molecular complexity index is 3380. The van der Waals surface area contributed by atoms with Crippen LogP contribution in [0.4, 0.5) is 17.1 Å². The van der Waals surface area contributed by atoms with Gasteiger partial charge < -0.3 is 34.6 Å². The van der Waals surface area contributed by atoms with Crippen molar-refractivity contribution in [2.75, 3.05) is 34.5 Å². The van der Waals surface area contributed by atoms with Crippen LogP contribution in [-0.2, 0) is 67.7 Å². The molecule has 0 aromatic heterocycles. The molecular formula is C66H73N5O11S. The number of aryl methyl sites for hydroxylation is 3. The lowest BCUT2D eigenvalue weighted by molar-refractivity contribution is -0.138. The Hall–Kier alpha value is -7.79. The van der Waals surface area contributed by atoms with Crippen LogP contribution in [-0.4, -0.2) is 94.7 Å². The van der Waals surface area contributed by atoms with Crippen molar-refractivity contribution in [3.8, 4) is 17.2 Å². The first-order valence-electron chi connectivity index (χ1n) is 29.2. The summed E-state index contributed by atoms with van der Waals surface area (Å²) in [6.45, 7) is 7.53. The van der Waals surface area contributed by atoms with Crippen LogP contribution in [0, 0.1) is 12.8 Å². The summed E-state index contributed by atoms with van der Waals surface area (Å²) in [4.78, 5) is 111. The van der Waals surface area contributed by atoms with Crippen LogP contribution in [0.15, 0.2) is 91.0 Å². The van der Waals surface area contributed by atoms with Crippen LogP contribution in [0.5, 0.6) is 17.2 Å². The SMILES string of the molecule is CCSC1CC(=O)N(CCCC(=O)CCCCC(=O)N[C@@H](C)C(=O)C[C@@H](C)C(=O)Nc2cc(COc3cc4c(cc3C)C(=O)N3c5ccccc5C[C@H]3CC4)cc(COc3cc4c(cc3OC)C(=O)N3c5ccccc5C[C@H]3CC4)c2)C1=O. The first-order valence-corrected chi connectivity index (χ1v) is 30.3. The van der Waals surface area contributed by atoms with Gasteiger partial charge in [-0.25, -0.2) is 0 Å². The number of likely N-dealkylation sites (tertiary alicyclic amines) is 1. The topological polar surface area (TPSA) is 198 Å². The molecule has 5 atom stereocenters. The van der Waals surface area contributed by atoms with E-state index in [-0.39, 0.29) is 110 Å². The lowest BCUT2D eigenvalue weighted by Gasteiger charge is -2.23. The second kappa shape index (κ2) is 25.8. The van der Waals surface area contributed by atoms with Crippen molar-refractivity contribution >= 4 is 75.8 Å². The molecule has 1 fully saturated rings. The first-order chi connectivity index (χ1) is 40.1. The van der Waals surface area contributed by atoms with Gasteiger partial charge in [-0.05, 0) is 171 Å². The van der Waals surface area contributed by atoms with Gasteiger partial charge in [0.25, 0.3) is 11.8 Å². The normalized spacial score (nSPS) is 18.4. The fraction of sp³-hybridized carbons (Fsp3) is 0.424. The summed E-state index contributed by atoms with van der Waals surface area (Å²) in [5.74, 6) is 0.00409. The third kappa shape index (κ3) is 13.0. The van der Waals surface area contributed by atoms with Crippen molar-refractivity contribution in [2.24, 2.45) is 5.92 Å². The van der Waals surface area contributed by atoms with E-state index in [4.69, 9.17) is 14.2 Å². The van der Waals surface area contributed by atoms with Crippen LogP contribution in [0.2, 0.25) is 0 Å². The number of nitrogens with zero attached hydrogens (tertiary/aromatic N) is 3. The van der Waals surface area contributed by atoms with Crippen LogP contribution in [0.1, 0.15) is 145 Å². The highest BCUT2D eigenvalue weighted by atomic mass is 32.2. The average Bonchev–Trinajstić information content (AvgIpc) is 4.26. The first kappa shape index (κ1) is 58.4. The van der Waals surface area contributed by atoms with Crippen LogP contribution < -0.4 is 34.6 Å². The Balaban J connectivity index is 0.775. The minimum Gasteiger partial charge on any atom is -0.493 e. The maximum Gasteiger partial charge on any atom is 0.258 e. The summed E-state index contributed by atoms with van der Waals surface area (Å²) >= 11 is 1.46. The highest BCUT2D eigenvalue weighted by Crippen LogP contribution is 2.42. The highest BCUT2D eigenvalue weighted by molar-refractivity contribution is 8.00. The number of amides is 6. The Labute approximate surface area is 489 Å². The molecule has 0 bridgehead atoms. The zero-order valence-corrected chi connectivity index (χ0v) is 48.8. The van der Waals surface area contributed by atoms with Crippen molar-refractivity contribution in [3.63, 3.8) is 0 Å². The third-order valence-corrected chi connectivity index (χ3v) is 17.9. The molecule has 0 saturated carbocycles. The molecule has 0 aliphatic carbocycles. The number of rotatable bonds is 24. The second-order valence-electron chi connectivity index (χ2n) is 22.7. The lowest BCUT2D eigenvalue weighted by Crippen LogP contribution is -2.39. The number of anilines is 3. The average molecular weight is 1140 g/mol. The second-order valence-corrected chi connectivity index (χ2v) is 24.2. The van der Waals surface area contributed by atoms with E-state index < -0.39 is 17.9 Å². The van der Waals surface area contributed by atoms with E-state index in [2.05, 4.69) is 22.8 Å². The van der Waals surface area contributed by atoms with Gasteiger partial charge in [-0.2, -0.15) is 0 Å². The molecule has 83 heavy (non-hydrogen) atoms. The Kier molecular flexibility index (Phi) is 18.1. The van der Waals surface area contributed by atoms with E-state index in [9.17, 15) is 38.4 Å². The van der Waals surface area contributed by atoms with Crippen molar-refractivity contribution in [3.05, 3.63) is 141 Å². The minimum atomic E-state index is -0.852. The predicted octanol–water partition coefficient (Wildman–Crippen LogP) is 10.0. The largest absolute Gasteiger partial charge is 0.493 e. The molecule has 0 spiro atoms. The van der Waals surface area contributed by atoms with Gasteiger partial charge in [-0.15, -0.1) is 11.8 Å². The van der Waals surface area contributed by atoms with Crippen molar-refractivity contribution in [1.29, 1.82) is 0 Å². The van der Waals surface area contributed by atoms with Gasteiger partial charge >= 0.3 is 0 Å². The maximum absolute atomic E-state index is 14.2. The molecule has 17 heteroatoms. The fourth-order valence-corrected chi connectivity index (χ4v) is 13.3. The molecule has 5 aromatic carbocycles. The number of imide groups is 1. The number of fused-ring (bicyclic) bond motifs is 8. The smallest absolute Gasteiger partial charge is 0.258 e. The monoisotopic (exact) mass is 1140 g/mol. The van der Waals surface area contributed by atoms with Crippen LogP contribution >= 0.6 is 11.8 Å². The zero-order valence-electron chi connectivity index (χ0n) is 48.0. The number of methoxy groups -OCH3 is 1. The number of carbonyl (C=O) groups excluding carboxylic acids is 8. The quantitative estimate of drug-likeness (QED) is 0.0439. The van der Waals surface area contributed by atoms with E-state index in [1.165, 1.54) is 27.8 Å². The van der Waals surface area contributed by atoms with E-state index in [0.29, 0.717) is 65.3 Å². The van der Waals surface area contributed by atoms with E-state index >= 15 is 0 Å². The third-order valence-electron chi connectivity index (χ3n) is 16.8. The molecule has 6 amide bonds. The number of benzene rings is 5. The molecule has 434 valence electrons. The van der Waals surface area contributed by atoms with Crippen molar-refractivity contribution < 1.29 is 52.6 Å². The molecule has 1 saturated heterocycles. The summed E-state index contributed by atoms with van der Waals surface area (Å²) in [6, 6.07) is 28.6.